The normalized spacial score (nSPS) is 17.0. The molecule has 0 unspecified atom stereocenters. The van der Waals surface area contributed by atoms with Crippen molar-refractivity contribution < 1.29 is 14.3 Å². The molecule has 3 rings (SSSR count). The van der Waals surface area contributed by atoms with Gasteiger partial charge in [0.2, 0.25) is 0 Å². The van der Waals surface area contributed by atoms with Crippen molar-refractivity contribution in [1.82, 2.24) is 4.98 Å². The predicted molar refractivity (Wildman–Crippen MR) is 90.5 cm³/mol. The maximum atomic E-state index is 12.3. The molecule has 0 radical (unpaired) electrons. The summed E-state index contributed by atoms with van der Waals surface area (Å²) in [7, 11) is 0. The Bertz CT molecular complexity index is 738. The van der Waals surface area contributed by atoms with E-state index >= 15 is 0 Å². The first-order valence-electron chi connectivity index (χ1n) is 7.56. The highest BCUT2D eigenvalue weighted by molar-refractivity contribution is 7.71. The fourth-order valence-corrected chi connectivity index (χ4v) is 2.66. The Morgan fingerprint density at radius 2 is 2.30 bits per heavy atom. The largest absolute Gasteiger partial charge is 0.491 e. The number of benzene rings is 1. The van der Waals surface area contributed by atoms with Gasteiger partial charge in [-0.1, -0.05) is 18.3 Å². The smallest absolute Gasteiger partial charge is 0.258 e. The molecule has 0 bridgehead atoms. The summed E-state index contributed by atoms with van der Waals surface area (Å²) < 4.78 is 11.7. The van der Waals surface area contributed by atoms with Crippen LogP contribution >= 0.6 is 12.2 Å². The Balaban J connectivity index is 1.64. The zero-order valence-electron chi connectivity index (χ0n) is 12.6. The summed E-state index contributed by atoms with van der Waals surface area (Å²) in [6, 6.07) is 10.7. The van der Waals surface area contributed by atoms with E-state index < -0.39 is 0 Å². The van der Waals surface area contributed by atoms with Gasteiger partial charge >= 0.3 is 0 Å². The Labute approximate surface area is 139 Å². The molecule has 1 fully saturated rings. The van der Waals surface area contributed by atoms with Crippen LogP contribution in [0.2, 0.25) is 0 Å². The van der Waals surface area contributed by atoms with Crippen LogP contribution in [-0.4, -0.2) is 30.2 Å². The number of amides is 1. The number of hydrogen-bond acceptors (Lipinski definition) is 4. The molecule has 1 amide bonds. The quantitative estimate of drug-likeness (QED) is 0.823. The van der Waals surface area contributed by atoms with Gasteiger partial charge in [-0.2, -0.15) is 0 Å². The van der Waals surface area contributed by atoms with E-state index in [9.17, 15) is 4.79 Å². The fourth-order valence-electron chi connectivity index (χ4n) is 2.43. The van der Waals surface area contributed by atoms with Crippen molar-refractivity contribution in [2.24, 2.45) is 0 Å². The third-order valence-electron chi connectivity index (χ3n) is 3.61. The summed E-state index contributed by atoms with van der Waals surface area (Å²) in [4.78, 5) is 15.1. The summed E-state index contributed by atoms with van der Waals surface area (Å²) in [6.45, 7) is 1.34. The number of anilines is 1. The highest BCUT2D eigenvalue weighted by Crippen LogP contribution is 2.20. The van der Waals surface area contributed by atoms with Gasteiger partial charge in [0.05, 0.1) is 11.7 Å². The lowest BCUT2D eigenvalue weighted by atomic mass is 10.2. The lowest BCUT2D eigenvalue weighted by molar-refractivity contribution is 0.0680. The average Bonchev–Trinajstić information content (AvgIpc) is 3.07. The van der Waals surface area contributed by atoms with Crippen LogP contribution in [0.3, 0.4) is 0 Å². The van der Waals surface area contributed by atoms with Gasteiger partial charge in [-0.3, -0.25) is 4.79 Å². The summed E-state index contributed by atoms with van der Waals surface area (Å²) in [5, 5.41) is 2.83. The van der Waals surface area contributed by atoms with Crippen LogP contribution in [0.4, 0.5) is 5.69 Å². The first-order chi connectivity index (χ1) is 11.2. The van der Waals surface area contributed by atoms with Crippen molar-refractivity contribution in [2.75, 3.05) is 18.5 Å². The molecule has 1 atom stereocenters. The number of aromatic amines is 1. The summed E-state index contributed by atoms with van der Waals surface area (Å²) in [5.74, 6) is 0.458. The van der Waals surface area contributed by atoms with Crippen molar-refractivity contribution in [3.63, 3.8) is 0 Å². The standard InChI is InChI=1S/C17H18N2O3S/c20-16(15-7-2-8-18-17(15)23)19-12-4-1-5-13(10-12)22-11-14-6-3-9-21-14/h1-2,4-5,7-8,10,14H,3,6,9,11H2,(H,18,23)(H,19,20)/t14-/m1/s1. The third-order valence-corrected chi connectivity index (χ3v) is 3.95. The predicted octanol–water partition coefficient (Wildman–Crippen LogP) is 3.55. The average molecular weight is 330 g/mol. The number of carbonyl (C=O) groups is 1. The number of ether oxygens (including phenoxy) is 2. The summed E-state index contributed by atoms with van der Waals surface area (Å²) in [5.41, 5.74) is 1.10. The molecule has 2 N–H and O–H groups in total. The second kappa shape index (κ2) is 7.39. The Morgan fingerprint density at radius 3 is 3.09 bits per heavy atom. The number of aromatic nitrogens is 1. The molecule has 0 spiro atoms. The van der Waals surface area contributed by atoms with E-state index in [1.54, 1.807) is 24.4 Å². The van der Waals surface area contributed by atoms with E-state index in [4.69, 9.17) is 21.7 Å². The van der Waals surface area contributed by atoms with Crippen molar-refractivity contribution in [2.45, 2.75) is 18.9 Å². The van der Waals surface area contributed by atoms with Crippen LogP contribution < -0.4 is 10.1 Å². The molecule has 1 aliphatic rings. The van der Waals surface area contributed by atoms with Gasteiger partial charge in [0.15, 0.2) is 0 Å². The maximum Gasteiger partial charge on any atom is 0.258 e. The van der Waals surface area contributed by atoms with Crippen LogP contribution in [-0.2, 0) is 4.74 Å². The lowest BCUT2D eigenvalue weighted by Crippen LogP contribution is -2.16. The molecule has 23 heavy (non-hydrogen) atoms. The number of H-pyrrole nitrogens is 1. The third kappa shape index (κ3) is 4.18. The molecule has 120 valence electrons. The minimum Gasteiger partial charge on any atom is -0.491 e. The molecule has 1 aromatic carbocycles. The van der Waals surface area contributed by atoms with Gasteiger partial charge in [0.25, 0.3) is 5.91 Å². The van der Waals surface area contributed by atoms with Gasteiger partial charge in [-0.25, -0.2) is 0 Å². The van der Waals surface area contributed by atoms with Crippen LogP contribution in [0.1, 0.15) is 23.2 Å². The van der Waals surface area contributed by atoms with Gasteiger partial charge in [-0.15, -0.1) is 0 Å². The molecular formula is C17H18N2O3S. The minimum absolute atomic E-state index is 0.163. The first kappa shape index (κ1) is 15.7. The van der Waals surface area contributed by atoms with Crippen LogP contribution in [0, 0.1) is 4.64 Å². The van der Waals surface area contributed by atoms with E-state index in [2.05, 4.69) is 10.3 Å². The van der Waals surface area contributed by atoms with E-state index in [-0.39, 0.29) is 12.0 Å². The number of pyridine rings is 1. The zero-order chi connectivity index (χ0) is 16.1. The first-order valence-corrected chi connectivity index (χ1v) is 7.97. The highest BCUT2D eigenvalue weighted by Gasteiger charge is 2.16. The summed E-state index contributed by atoms with van der Waals surface area (Å²) >= 11 is 5.12. The molecular weight excluding hydrogens is 312 g/mol. The molecule has 0 saturated carbocycles. The van der Waals surface area contributed by atoms with E-state index in [0.717, 1.165) is 19.4 Å². The summed E-state index contributed by atoms with van der Waals surface area (Å²) in [6.07, 6.45) is 3.97. The maximum absolute atomic E-state index is 12.3. The molecule has 1 aliphatic heterocycles. The highest BCUT2D eigenvalue weighted by atomic mass is 32.1. The molecule has 1 saturated heterocycles. The second-order valence-electron chi connectivity index (χ2n) is 5.34. The number of rotatable bonds is 5. The number of nitrogens with one attached hydrogen (secondary N) is 2. The molecule has 5 nitrogen and oxygen atoms in total. The van der Waals surface area contributed by atoms with E-state index in [0.29, 0.717) is 28.2 Å². The van der Waals surface area contributed by atoms with E-state index in [1.165, 1.54) is 0 Å². The Morgan fingerprint density at radius 1 is 1.39 bits per heavy atom. The number of hydrogen-bond donors (Lipinski definition) is 2. The Kier molecular flexibility index (Phi) is 5.05. The van der Waals surface area contributed by atoms with Crippen molar-refractivity contribution in [1.29, 1.82) is 0 Å². The van der Waals surface area contributed by atoms with Crippen LogP contribution in [0.5, 0.6) is 5.75 Å². The lowest BCUT2D eigenvalue weighted by Gasteiger charge is -2.12. The zero-order valence-corrected chi connectivity index (χ0v) is 13.4. The minimum atomic E-state index is -0.247. The van der Waals surface area contributed by atoms with Crippen molar-refractivity contribution in [3.8, 4) is 5.75 Å². The molecule has 2 heterocycles. The Hall–Kier alpha value is -2.18. The van der Waals surface area contributed by atoms with Crippen molar-refractivity contribution in [3.05, 3.63) is 52.8 Å². The van der Waals surface area contributed by atoms with Gasteiger partial charge in [0, 0.05) is 24.6 Å². The van der Waals surface area contributed by atoms with Gasteiger partial charge in [-0.05, 0) is 37.1 Å². The topological polar surface area (TPSA) is 63.4 Å². The van der Waals surface area contributed by atoms with E-state index in [1.807, 2.05) is 18.2 Å². The fraction of sp³-hybridized carbons (Fsp3) is 0.294. The SMILES string of the molecule is O=C(Nc1cccc(OC[C@H]2CCCO2)c1)c1ccc[nH]c1=S. The molecule has 0 aliphatic carbocycles. The molecule has 6 heteroatoms. The second-order valence-corrected chi connectivity index (χ2v) is 5.75. The monoisotopic (exact) mass is 330 g/mol. The van der Waals surface area contributed by atoms with Gasteiger partial charge < -0.3 is 19.8 Å². The molecule has 1 aromatic heterocycles. The number of carbonyl (C=O) groups excluding carboxylic acids is 1. The van der Waals surface area contributed by atoms with Crippen molar-refractivity contribution >= 4 is 23.8 Å². The molecule has 2 aromatic rings. The van der Waals surface area contributed by atoms with Crippen LogP contribution in [0.15, 0.2) is 42.6 Å². The van der Waals surface area contributed by atoms with Crippen LogP contribution in [0.25, 0.3) is 0 Å². The van der Waals surface area contributed by atoms with Gasteiger partial charge in [0.1, 0.15) is 17.0 Å².